The van der Waals surface area contributed by atoms with Crippen molar-refractivity contribution in [3.05, 3.63) is 70.5 Å². The first-order chi connectivity index (χ1) is 15.3. The normalized spacial score (nSPS) is 15.6. The van der Waals surface area contributed by atoms with Gasteiger partial charge < -0.3 is 9.15 Å². The summed E-state index contributed by atoms with van der Waals surface area (Å²) < 4.78 is 38.0. The lowest BCUT2D eigenvalue weighted by Crippen LogP contribution is -2.40. The Hall–Kier alpha value is -2.39. The summed E-state index contributed by atoms with van der Waals surface area (Å²) >= 11 is 12.0. The Kier molecular flexibility index (Phi) is 6.85. The summed E-state index contributed by atoms with van der Waals surface area (Å²) in [5.41, 5.74) is 1.34. The Morgan fingerprint density at radius 1 is 1.12 bits per heavy atom. The number of hydrogen-bond acceptors (Lipinski definition) is 6. The minimum absolute atomic E-state index is 0.00813. The lowest BCUT2D eigenvalue weighted by Gasteiger charge is -2.30. The number of halogens is 2. The zero-order chi connectivity index (χ0) is 22.7. The number of benzene rings is 2. The minimum Gasteiger partial charge on any atom is -0.459 e. The maximum absolute atomic E-state index is 12.9. The quantitative estimate of drug-likeness (QED) is 0.457. The summed E-state index contributed by atoms with van der Waals surface area (Å²) in [7, 11) is -3.80. The second-order valence-electron chi connectivity index (χ2n) is 7.37. The highest BCUT2D eigenvalue weighted by Gasteiger charge is 2.34. The van der Waals surface area contributed by atoms with Crippen LogP contribution in [0.4, 0.5) is 0 Å². The molecule has 0 saturated carbocycles. The summed E-state index contributed by atoms with van der Waals surface area (Å²) in [6.45, 7) is 0.367. The molecule has 0 bridgehead atoms. The molecule has 2 heterocycles. The predicted molar refractivity (Wildman–Crippen MR) is 120 cm³/mol. The minimum atomic E-state index is -3.80. The van der Waals surface area contributed by atoms with Gasteiger partial charge >= 0.3 is 5.97 Å². The molecule has 7 nitrogen and oxygen atoms in total. The molecule has 3 aromatic rings. The Bertz CT molecular complexity index is 1210. The SMILES string of the molecule is O=C(OCc1coc(-c2ccccc2)n1)C1CCN(S(=O)(=O)c2cc(Cl)ccc2Cl)CC1. The number of sulfonamides is 1. The van der Waals surface area contributed by atoms with Crippen molar-refractivity contribution in [3.63, 3.8) is 0 Å². The van der Waals surface area contributed by atoms with Gasteiger partial charge in [0.2, 0.25) is 15.9 Å². The molecule has 0 N–H and O–H groups in total. The predicted octanol–water partition coefficient (Wildman–Crippen LogP) is 4.79. The second kappa shape index (κ2) is 9.62. The van der Waals surface area contributed by atoms with E-state index in [-0.39, 0.29) is 40.6 Å². The van der Waals surface area contributed by atoms with Crippen molar-refractivity contribution >= 4 is 39.2 Å². The summed E-state index contributed by atoms with van der Waals surface area (Å²) in [5.74, 6) is -0.321. The highest BCUT2D eigenvalue weighted by atomic mass is 35.5. The number of ether oxygens (including phenoxy) is 1. The number of piperidine rings is 1. The van der Waals surface area contributed by atoms with Gasteiger partial charge in [0.15, 0.2) is 0 Å². The van der Waals surface area contributed by atoms with Crippen LogP contribution >= 0.6 is 23.2 Å². The van der Waals surface area contributed by atoms with E-state index in [2.05, 4.69) is 4.98 Å². The molecule has 32 heavy (non-hydrogen) atoms. The molecule has 0 spiro atoms. The van der Waals surface area contributed by atoms with Gasteiger partial charge in [0, 0.05) is 23.7 Å². The van der Waals surface area contributed by atoms with E-state index in [1.54, 1.807) is 0 Å². The summed E-state index contributed by atoms with van der Waals surface area (Å²) in [6.07, 6.45) is 2.16. The third kappa shape index (κ3) is 4.99. The maximum atomic E-state index is 12.9. The van der Waals surface area contributed by atoms with Gasteiger partial charge in [0.1, 0.15) is 23.5 Å². The largest absolute Gasteiger partial charge is 0.459 e. The summed E-state index contributed by atoms with van der Waals surface area (Å²) in [5, 5.41) is 0.396. The number of carbonyl (C=O) groups is 1. The Labute approximate surface area is 196 Å². The molecule has 0 atom stereocenters. The Morgan fingerprint density at radius 3 is 2.56 bits per heavy atom. The number of oxazole rings is 1. The van der Waals surface area contributed by atoms with Crippen molar-refractivity contribution in [3.8, 4) is 11.5 Å². The fourth-order valence-corrected chi connectivity index (χ4v) is 5.70. The van der Waals surface area contributed by atoms with Crippen molar-refractivity contribution in [1.29, 1.82) is 0 Å². The summed E-state index contributed by atoms with van der Waals surface area (Å²) in [4.78, 5) is 16.8. The van der Waals surface area contributed by atoms with Crippen LogP contribution in [-0.4, -0.2) is 36.8 Å². The Balaban J connectivity index is 1.32. The van der Waals surface area contributed by atoms with Crippen LogP contribution in [0.2, 0.25) is 10.0 Å². The number of aromatic nitrogens is 1. The first-order valence-corrected chi connectivity index (χ1v) is 12.2. The zero-order valence-corrected chi connectivity index (χ0v) is 19.2. The Morgan fingerprint density at radius 2 is 1.84 bits per heavy atom. The molecule has 168 valence electrons. The highest BCUT2D eigenvalue weighted by Crippen LogP contribution is 2.30. The molecule has 1 aliphatic rings. The van der Waals surface area contributed by atoms with E-state index in [4.69, 9.17) is 32.4 Å². The van der Waals surface area contributed by atoms with Crippen molar-refractivity contribution in [2.24, 2.45) is 5.92 Å². The molecule has 1 saturated heterocycles. The van der Waals surface area contributed by atoms with Gasteiger partial charge in [-0.3, -0.25) is 4.79 Å². The number of nitrogens with zero attached hydrogens (tertiary/aromatic N) is 2. The third-order valence-electron chi connectivity index (χ3n) is 5.23. The maximum Gasteiger partial charge on any atom is 0.309 e. The third-order valence-corrected chi connectivity index (χ3v) is 7.85. The average molecular weight is 495 g/mol. The monoisotopic (exact) mass is 494 g/mol. The van der Waals surface area contributed by atoms with Gasteiger partial charge in [0.05, 0.1) is 10.9 Å². The number of esters is 1. The van der Waals surface area contributed by atoms with Crippen molar-refractivity contribution in [2.75, 3.05) is 13.1 Å². The summed E-state index contributed by atoms with van der Waals surface area (Å²) in [6, 6.07) is 13.7. The molecule has 1 aromatic heterocycles. The molecule has 10 heteroatoms. The van der Waals surface area contributed by atoms with Gasteiger partial charge in [-0.1, -0.05) is 41.4 Å². The molecule has 4 rings (SSSR count). The molecular formula is C22H20Cl2N2O5S. The van der Waals surface area contributed by atoms with E-state index in [9.17, 15) is 13.2 Å². The number of rotatable bonds is 6. The molecule has 0 aliphatic carbocycles. The molecule has 1 aliphatic heterocycles. The molecule has 1 fully saturated rings. The molecule has 0 unspecified atom stereocenters. The van der Waals surface area contributed by atoms with E-state index in [1.807, 2.05) is 30.3 Å². The van der Waals surface area contributed by atoms with E-state index < -0.39 is 15.9 Å². The van der Waals surface area contributed by atoms with Crippen LogP contribution in [0.3, 0.4) is 0 Å². The molecule has 0 radical (unpaired) electrons. The van der Waals surface area contributed by atoms with Gasteiger partial charge in [-0.25, -0.2) is 13.4 Å². The van der Waals surface area contributed by atoms with E-state index in [0.29, 0.717) is 24.4 Å². The van der Waals surface area contributed by atoms with Gasteiger partial charge in [-0.05, 0) is 43.2 Å². The lowest BCUT2D eigenvalue weighted by atomic mass is 9.98. The zero-order valence-electron chi connectivity index (χ0n) is 16.9. The van der Waals surface area contributed by atoms with Crippen LogP contribution in [0.25, 0.3) is 11.5 Å². The van der Waals surface area contributed by atoms with E-state index in [1.165, 1.54) is 28.8 Å². The van der Waals surface area contributed by atoms with E-state index >= 15 is 0 Å². The second-order valence-corrected chi connectivity index (χ2v) is 10.1. The smallest absolute Gasteiger partial charge is 0.309 e. The van der Waals surface area contributed by atoms with Crippen LogP contribution in [0.1, 0.15) is 18.5 Å². The van der Waals surface area contributed by atoms with Crippen molar-refractivity contribution in [1.82, 2.24) is 9.29 Å². The lowest BCUT2D eigenvalue weighted by molar-refractivity contribution is -0.151. The first kappa shape index (κ1) is 22.8. The first-order valence-electron chi connectivity index (χ1n) is 9.96. The average Bonchev–Trinajstić information content (AvgIpc) is 3.29. The van der Waals surface area contributed by atoms with Crippen LogP contribution < -0.4 is 0 Å². The standard InChI is InChI=1S/C22H20Cl2N2O5S/c23-17-6-7-19(24)20(12-17)32(28,29)26-10-8-16(9-11-26)22(27)31-14-18-13-30-21(25-18)15-4-2-1-3-5-15/h1-7,12-13,16H,8-11,14H2. The number of hydrogen-bond donors (Lipinski definition) is 0. The molecule has 0 amide bonds. The van der Waals surface area contributed by atoms with Crippen molar-refractivity contribution < 1.29 is 22.4 Å². The fraction of sp³-hybridized carbons (Fsp3) is 0.273. The van der Waals surface area contributed by atoms with Crippen molar-refractivity contribution in [2.45, 2.75) is 24.3 Å². The van der Waals surface area contributed by atoms with E-state index in [0.717, 1.165) is 5.56 Å². The number of carbonyl (C=O) groups excluding carboxylic acids is 1. The van der Waals surface area contributed by atoms with Gasteiger partial charge in [-0.2, -0.15) is 4.31 Å². The van der Waals surface area contributed by atoms with Crippen LogP contribution in [0, 0.1) is 5.92 Å². The molecule has 2 aromatic carbocycles. The molecular weight excluding hydrogens is 475 g/mol. The van der Waals surface area contributed by atoms with Crippen LogP contribution in [-0.2, 0) is 26.2 Å². The fourth-order valence-electron chi connectivity index (χ4n) is 3.50. The van der Waals surface area contributed by atoms with Gasteiger partial charge in [-0.15, -0.1) is 0 Å². The van der Waals surface area contributed by atoms with Crippen LogP contribution in [0.5, 0.6) is 0 Å². The highest BCUT2D eigenvalue weighted by molar-refractivity contribution is 7.89. The topological polar surface area (TPSA) is 89.7 Å². The van der Waals surface area contributed by atoms with Gasteiger partial charge in [0.25, 0.3) is 0 Å². The van der Waals surface area contributed by atoms with Crippen LogP contribution in [0.15, 0.2) is 64.1 Å².